The average Bonchev–Trinajstić information content (AvgIpc) is 3.50. The summed E-state index contributed by atoms with van der Waals surface area (Å²) in [6, 6.07) is 4.56. The molecule has 0 saturated carbocycles. The van der Waals surface area contributed by atoms with E-state index < -0.39 is 40.1 Å². The third-order valence-electron chi connectivity index (χ3n) is 8.54. The van der Waals surface area contributed by atoms with Gasteiger partial charge in [-0.25, -0.2) is 8.78 Å². The molecule has 5 heterocycles. The minimum Gasteiger partial charge on any atom is -0.460 e. The van der Waals surface area contributed by atoms with E-state index in [1.165, 1.54) is 7.11 Å². The number of aromatic nitrogens is 2. The highest BCUT2D eigenvalue weighted by atomic mass is 32.1. The molecule has 3 N–H and O–H groups in total. The first-order valence-electron chi connectivity index (χ1n) is 13.8. The van der Waals surface area contributed by atoms with Crippen molar-refractivity contribution in [3.63, 3.8) is 0 Å². The van der Waals surface area contributed by atoms with Crippen LogP contribution in [-0.4, -0.2) is 67.7 Å². The second-order valence-corrected chi connectivity index (χ2v) is 12.4. The fraction of sp³-hybridized carbons (Fsp3) is 0.414. The normalized spacial score (nSPS) is 21.1. The molecular formula is C29H25F5N6O3S. The lowest BCUT2D eigenvalue weighted by Crippen LogP contribution is -2.55. The number of thiophene rings is 1. The van der Waals surface area contributed by atoms with E-state index in [4.69, 9.17) is 19.9 Å². The summed E-state index contributed by atoms with van der Waals surface area (Å²) in [5.74, 6) is -1.99. The predicted molar refractivity (Wildman–Crippen MR) is 153 cm³/mol. The van der Waals surface area contributed by atoms with Gasteiger partial charge in [0.2, 0.25) is 0 Å². The summed E-state index contributed by atoms with van der Waals surface area (Å²) in [6.45, 7) is 1.37. The highest BCUT2D eigenvalue weighted by Gasteiger charge is 2.42. The van der Waals surface area contributed by atoms with Crippen LogP contribution >= 0.6 is 11.3 Å². The molecule has 2 atom stereocenters. The Bertz CT molecular complexity index is 1840. The Morgan fingerprint density at radius 1 is 1.20 bits per heavy atom. The van der Waals surface area contributed by atoms with Gasteiger partial charge in [-0.3, -0.25) is 0 Å². The van der Waals surface area contributed by atoms with Gasteiger partial charge in [-0.05, 0) is 30.5 Å². The SMILES string of the molecule is COC1(COc2nc(N3CC4CCC(C3)N4)c3cc(C(F)(F)F)c(-c4ccc(F)c5sc(N)c(C#N)c45)c(F)c3n2)COC1. The average molecular weight is 633 g/mol. The fourth-order valence-corrected chi connectivity index (χ4v) is 7.20. The number of hydrogen-bond donors (Lipinski definition) is 2. The number of ether oxygens (including phenoxy) is 3. The third kappa shape index (κ3) is 4.59. The zero-order chi connectivity index (χ0) is 31.0. The molecule has 9 nitrogen and oxygen atoms in total. The summed E-state index contributed by atoms with van der Waals surface area (Å²) in [6.07, 6.45) is -3.26. The Labute approximate surface area is 251 Å². The van der Waals surface area contributed by atoms with E-state index in [9.17, 15) is 22.8 Å². The second kappa shape index (κ2) is 10.4. The van der Waals surface area contributed by atoms with Crippen molar-refractivity contribution in [1.82, 2.24) is 15.3 Å². The number of nitrogens with two attached hydrogens (primary N) is 1. The Morgan fingerprint density at radius 2 is 1.93 bits per heavy atom. The first kappa shape index (κ1) is 28.9. The number of fused-ring (bicyclic) bond motifs is 4. The Kier molecular flexibility index (Phi) is 6.81. The molecule has 2 bridgehead atoms. The second-order valence-electron chi connectivity index (χ2n) is 11.3. The summed E-state index contributed by atoms with van der Waals surface area (Å²) in [5.41, 5.74) is 2.01. The van der Waals surface area contributed by atoms with E-state index in [0.29, 0.717) is 24.4 Å². The lowest BCUT2D eigenvalue weighted by molar-refractivity contribution is -0.209. The van der Waals surface area contributed by atoms with Gasteiger partial charge < -0.3 is 30.2 Å². The van der Waals surface area contributed by atoms with Gasteiger partial charge in [-0.1, -0.05) is 6.07 Å². The Hall–Kier alpha value is -3.84. The van der Waals surface area contributed by atoms with Crippen molar-refractivity contribution in [2.24, 2.45) is 0 Å². The first-order valence-corrected chi connectivity index (χ1v) is 14.6. The van der Waals surface area contributed by atoms with Gasteiger partial charge in [-0.2, -0.15) is 28.4 Å². The van der Waals surface area contributed by atoms with Gasteiger partial charge >= 0.3 is 12.2 Å². The molecule has 2 aromatic carbocycles. The van der Waals surface area contributed by atoms with E-state index in [0.717, 1.165) is 31.0 Å². The van der Waals surface area contributed by atoms with Gasteiger partial charge in [0.15, 0.2) is 5.82 Å². The van der Waals surface area contributed by atoms with Gasteiger partial charge in [-0.15, -0.1) is 11.3 Å². The maximum Gasteiger partial charge on any atom is 0.417 e. The van der Waals surface area contributed by atoms with Gasteiger partial charge in [0.05, 0.1) is 29.0 Å². The van der Waals surface area contributed by atoms with Crippen molar-refractivity contribution in [2.45, 2.75) is 36.7 Å². The summed E-state index contributed by atoms with van der Waals surface area (Å²) in [7, 11) is 1.50. The minimum absolute atomic E-state index is 0.0331. The number of nitrogens with zero attached hydrogens (tertiary/aromatic N) is 4. The van der Waals surface area contributed by atoms with Crippen molar-refractivity contribution in [3.8, 4) is 23.2 Å². The van der Waals surface area contributed by atoms with Crippen molar-refractivity contribution in [3.05, 3.63) is 41.0 Å². The number of alkyl halides is 3. The molecule has 7 rings (SSSR count). The molecule has 2 unspecified atom stereocenters. The van der Waals surface area contributed by atoms with Gasteiger partial charge in [0.25, 0.3) is 0 Å². The summed E-state index contributed by atoms with van der Waals surface area (Å²) in [5, 5.41) is 12.8. The fourth-order valence-electron chi connectivity index (χ4n) is 6.25. The maximum atomic E-state index is 16.8. The van der Waals surface area contributed by atoms with Crippen LogP contribution < -0.4 is 20.7 Å². The molecule has 3 aliphatic heterocycles. The van der Waals surface area contributed by atoms with E-state index in [1.807, 2.05) is 11.0 Å². The van der Waals surface area contributed by atoms with Crippen LogP contribution in [0.2, 0.25) is 0 Å². The smallest absolute Gasteiger partial charge is 0.417 e. The molecule has 2 aromatic heterocycles. The highest BCUT2D eigenvalue weighted by molar-refractivity contribution is 7.23. The lowest BCUT2D eigenvalue weighted by Gasteiger charge is -2.39. The summed E-state index contributed by atoms with van der Waals surface area (Å²) < 4.78 is 92.4. The number of nitriles is 1. The maximum absolute atomic E-state index is 16.8. The van der Waals surface area contributed by atoms with Crippen LogP contribution in [-0.2, 0) is 15.7 Å². The molecule has 0 spiro atoms. The monoisotopic (exact) mass is 632 g/mol. The number of piperazine rings is 1. The van der Waals surface area contributed by atoms with Crippen LogP contribution in [0.5, 0.6) is 6.01 Å². The number of nitrogen functional groups attached to an aromatic ring is 1. The topological polar surface area (TPSA) is 119 Å². The molecule has 3 aliphatic rings. The van der Waals surface area contributed by atoms with Gasteiger partial charge in [0, 0.05) is 48.6 Å². The molecule has 230 valence electrons. The van der Waals surface area contributed by atoms with Crippen molar-refractivity contribution < 1.29 is 36.2 Å². The number of benzene rings is 2. The standard InChI is InChI=1S/C29H25F5N6O3S/c1-41-28(10-42-11-28)12-43-27-38-23-16(26(39-27)40-8-13-2-3-14(9-40)37-13)6-18(29(32,33)34)21(22(23)31)15-4-5-19(30)24-20(15)17(7-35)25(36)44-24/h4-6,13-14,37H,2-3,8-12,36H2,1H3. The van der Waals surface area contributed by atoms with Crippen LogP contribution in [0.25, 0.3) is 32.1 Å². The van der Waals surface area contributed by atoms with Crippen LogP contribution in [0, 0.1) is 23.0 Å². The lowest BCUT2D eigenvalue weighted by atomic mass is 9.92. The largest absolute Gasteiger partial charge is 0.460 e. The number of rotatable bonds is 6. The Balaban J connectivity index is 1.49. The van der Waals surface area contributed by atoms with E-state index >= 15 is 4.39 Å². The van der Waals surface area contributed by atoms with E-state index in [1.54, 1.807) is 0 Å². The number of halogens is 5. The molecule has 3 saturated heterocycles. The summed E-state index contributed by atoms with van der Waals surface area (Å²) >= 11 is 0.706. The van der Waals surface area contributed by atoms with Crippen LogP contribution in [0.1, 0.15) is 24.0 Å². The van der Waals surface area contributed by atoms with Crippen LogP contribution in [0.3, 0.4) is 0 Å². The zero-order valence-electron chi connectivity index (χ0n) is 23.2. The number of hydrogen-bond acceptors (Lipinski definition) is 10. The molecule has 44 heavy (non-hydrogen) atoms. The number of methoxy groups -OCH3 is 1. The quantitative estimate of drug-likeness (QED) is 0.283. The number of nitrogens with one attached hydrogen (secondary N) is 1. The summed E-state index contributed by atoms with van der Waals surface area (Å²) in [4.78, 5) is 10.6. The molecule has 15 heteroatoms. The molecule has 0 radical (unpaired) electrons. The van der Waals surface area contributed by atoms with Crippen molar-refractivity contribution in [2.75, 3.05) is 50.7 Å². The van der Waals surface area contributed by atoms with Gasteiger partial charge in [0.1, 0.15) is 40.4 Å². The van der Waals surface area contributed by atoms with Crippen molar-refractivity contribution in [1.29, 1.82) is 5.26 Å². The first-order chi connectivity index (χ1) is 21.0. The van der Waals surface area contributed by atoms with E-state index in [-0.39, 0.29) is 75.3 Å². The van der Waals surface area contributed by atoms with E-state index in [2.05, 4.69) is 15.3 Å². The van der Waals surface area contributed by atoms with Crippen LogP contribution in [0.4, 0.5) is 32.8 Å². The zero-order valence-corrected chi connectivity index (χ0v) is 24.0. The Morgan fingerprint density at radius 3 is 2.55 bits per heavy atom. The molecule has 0 aliphatic carbocycles. The van der Waals surface area contributed by atoms with Crippen LogP contribution in [0.15, 0.2) is 18.2 Å². The highest BCUT2D eigenvalue weighted by Crippen LogP contribution is 2.48. The molecule has 0 amide bonds. The molecule has 3 fully saturated rings. The molecule has 4 aromatic rings. The third-order valence-corrected chi connectivity index (χ3v) is 9.57. The van der Waals surface area contributed by atoms with Crippen molar-refractivity contribution >= 4 is 43.1 Å². The molecular weight excluding hydrogens is 607 g/mol. The minimum atomic E-state index is -5.04. The predicted octanol–water partition coefficient (Wildman–Crippen LogP) is 5.00. The number of anilines is 2.